The number of rotatable bonds is 5. The highest BCUT2D eigenvalue weighted by atomic mass is 16.2. The maximum Gasteiger partial charge on any atom is 0.254 e. The van der Waals surface area contributed by atoms with Gasteiger partial charge in [-0.1, -0.05) is 56.3 Å². The van der Waals surface area contributed by atoms with Gasteiger partial charge in [-0.25, -0.2) is 0 Å². The van der Waals surface area contributed by atoms with Crippen LogP contribution in [0.5, 0.6) is 0 Å². The Balaban J connectivity index is 1.95. The van der Waals surface area contributed by atoms with Gasteiger partial charge in [0.15, 0.2) is 0 Å². The van der Waals surface area contributed by atoms with Crippen LogP contribution in [0.1, 0.15) is 56.2 Å². The summed E-state index contributed by atoms with van der Waals surface area (Å²) < 4.78 is 0. The molecule has 1 atom stereocenters. The average Bonchev–Trinajstić information content (AvgIpc) is 2.70. The molecule has 0 spiro atoms. The van der Waals surface area contributed by atoms with Gasteiger partial charge in [0.2, 0.25) is 5.91 Å². The molecule has 2 aromatic carbocycles. The molecule has 4 nitrogen and oxygen atoms in total. The number of carbonyl (C=O) groups excluding carboxylic acids is 2. The van der Waals surface area contributed by atoms with Crippen molar-refractivity contribution in [1.82, 2.24) is 4.90 Å². The van der Waals surface area contributed by atoms with E-state index in [1.54, 1.807) is 16.8 Å². The second-order valence-corrected chi connectivity index (χ2v) is 7.50. The number of hydrogen-bond acceptors (Lipinski definition) is 2. The largest absolute Gasteiger partial charge is 0.327 e. The third-order valence-electron chi connectivity index (χ3n) is 5.28. The molecule has 0 aromatic heterocycles. The molecule has 1 fully saturated rings. The van der Waals surface area contributed by atoms with Crippen LogP contribution in [-0.4, -0.2) is 30.3 Å². The number of anilines is 1. The Hall–Kier alpha value is -2.62. The molecule has 1 aliphatic rings. The molecular weight excluding hydrogens is 336 g/mol. The zero-order valence-corrected chi connectivity index (χ0v) is 16.4. The maximum absolute atomic E-state index is 13.5. The zero-order valence-electron chi connectivity index (χ0n) is 16.4. The first-order valence-corrected chi connectivity index (χ1v) is 9.71. The van der Waals surface area contributed by atoms with E-state index >= 15 is 0 Å². The molecule has 1 saturated heterocycles. The Bertz CT molecular complexity index is 801. The summed E-state index contributed by atoms with van der Waals surface area (Å²) in [5.41, 5.74) is 2.92. The molecule has 142 valence electrons. The van der Waals surface area contributed by atoms with Crippen LogP contribution in [-0.2, 0) is 9.59 Å². The topological polar surface area (TPSA) is 40.6 Å². The number of likely N-dealkylation sites (tertiary alicyclic amines) is 1. The predicted octanol–water partition coefficient (Wildman–Crippen LogP) is 4.53. The fourth-order valence-electron chi connectivity index (χ4n) is 3.59. The summed E-state index contributed by atoms with van der Waals surface area (Å²) in [7, 11) is 1.80. The Morgan fingerprint density at radius 1 is 1.00 bits per heavy atom. The SMILES string of the molecule is CC(C)c1cccc(N(C)C(=O)C(c2ccccc2)N2CCCCC2=O)c1. The number of hydrogen-bond donors (Lipinski definition) is 0. The Morgan fingerprint density at radius 3 is 2.37 bits per heavy atom. The van der Waals surface area contributed by atoms with Crippen molar-refractivity contribution in [3.05, 3.63) is 65.7 Å². The van der Waals surface area contributed by atoms with Crippen LogP contribution in [0, 0.1) is 0 Å². The molecule has 1 aliphatic heterocycles. The van der Waals surface area contributed by atoms with Gasteiger partial charge in [-0.2, -0.15) is 0 Å². The summed E-state index contributed by atoms with van der Waals surface area (Å²) in [5.74, 6) is 0.382. The molecule has 4 heteroatoms. The van der Waals surface area contributed by atoms with Crippen molar-refractivity contribution in [1.29, 1.82) is 0 Å². The van der Waals surface area contributed by atoms with Gasteiger partial charge in [-0.15, -0.1) is 0 Å². The van der Waals surface area contributed by atoms with E-state index in [0.717, 1.165) is 24.1 Å². The molecule has 0 bridgehead atoms. The maximum atomic E-state index is 13.5. The minimum Gasteiger partial charge on any atom is -0.327 e. The Labute approximate surface area is 161 Å². The molecule has 1 heterocycles. The van der Waals surface area contributed by atoms with Crippen molar-refractivity contribution in [3.63, 3.8) is 0 Å². The summed E-state index contributed by atoms with van der Waals surface area (Å²) in [6, 6.07) is 17.1. The van der Waals surface area contributed by atoms with Crippen molar-refractivity contribution in [2.45, 2.75) is 45.1 Å². The first-order chi connectivity index (χ1) is 13.0. The van der Waals surface area contributed by atoms with Gasteiger partial charge < -0.3 is 9.80 Å². The highest BCUT2D eigenvalue weighted by molar-refractivity contribution is 5.99. The van der Waals surface area contributed by atoms with E-state index in [-0.39, 0.29) is 11.8 Å². The third-order valence-corrected chi connectivity index (χ3v) is 5.28. The predicted molar refractivity (Wildman–Crippen MR) is 109 cm³/mol. The van der Waals surface area contributed by atoms with E-state index in [2.05, 4.69) is 26.0 Å². The molecule has 2 amide bonds. The van der Waals surface area contributed by atoms with Gasteiger partial charge in [0.1, 0.15) is 6.04 Å². The van der Waals surface area contributed by atoms with Crippen molar-refractivity contribution in [2.24, 2.45) is 0 Å². The molecule has 0 N–H and O–H groups in total. The second kappa shape index (κ2) is 8.38. The summed E-state index contributed by atoms with van der Waals surface area (Å²) in [4.78, 5) is 29.5. The molecule has 3 rings (SSSR count). The summed E-state index contributed by atoms with van der Waals surface area (Å²) in [5, 5.41) is 0. The average molecular weight is 364 g/mol. The number of amides is 2. The van der Waals surface area contributed by atoms with Crippen molar-refractivity contribution in [3.8, 4) is 0 Å². The second-order valence-electron chi connectivity index (χ2n) is 7.50. The highest BCUT2D eigenvalue weighted by Gasteiger charge is 2.34. The summed E-state index contributed by atoms with van der Waals surface area (Å²) in [6.45, 7) is 4.91. The van der Waals surface area contributed by atoms with E-state index < -0.39 is 6.04 Å². The van der Waals surface area contributed by atoms with Crippen LogP contribution in [0.4, 0.5) is 5.69 Å². The van der Waals surface area contributed by atoms with Crippen molar-refractivity contribution >= 4 is 17.5 Å². The minimum atomic E-state index is -0.577. The third kappa shape index (κ3) is 4.21. The quantitative estimate of drug-likeness (QED) is 0.782. The van der Waals surface area contributed by atoms with E-state index in [1.165, 1.54) is 5.56 Å². The van der Waals surface area contributed by atoms with E-state index in [0.29, 0.717) is 18.9 Å². The highest BCUT2D eigenvalue weighted by Crippen LogP contribution is 2.29. The van der Waals surface area contributed by atoms with Gasteiger partial charge in [-0.05, 0) is 42.0 Å². The normalized spacial score (nSPS) is 15.7. The summed E-state index contributed by atoms with van der Waals surface area (Å²) >= 11 is 0. The molecule has 2 aromatic rings. The van der Waals surface area contributed by atoms with Crippen LogP contribution < -0.4 is 4.90 Å². The standard InChI is InChI=1S/C23H28N2O2/c1-17(2)19-12-9-13-20(16-19)24(3)23(27)22(18-10-5-4-6-11-18)25-15-8-7-14-21(25)26/h4-6,9-13,16-17,22H,7-8,14-15H2,1-3H3. The van der Waals surface area contributed by atoms with Crippen LogP contribution in [0.2, 0.25) is 0 Å². The molecule has 1 unspecified atom stereocenters. The number of carbonyl (C=O) groups is 2. The first-order valence-electron chi connectivity index (χ1n) is 9.71. The van der Waals surface area contributed by atoms with Gasteiger partial charge in [0.05, 0.1) is 0 Å². The van der Waals surface area contributed by atoms with Crippen molar-refractivity contribution < 1.29 is 9.59 Å². The number of benzene rings is 2. The molecule has 0 aliphatic carbocycles. The molecule has 27 heavy (non-hydrogen) atoms. The minimum absolute atomic E-state index is 0.0628. The fraction of sp³-hybridized carbons (Fsp3) is 0.391. The van der Waals surface area contributed by atoms with Gasteiger partial charge in [-0.3, -0.25) is 9.59 Å². The smallest absolute Gasteiger partial charge is 0.254 e. The molecule has 0 radical (unpaired) electrons. The number of likely N-dealkylation sites (N-methyl/N-ethyl adjacent to an activating group) is 1. The van der Waals surface area contributed by atoms with Gasteiger partial charge in [0.25, 0.3) is 5.91 Å². The Morgan fingerprint density at radius 2 is 1.70 bits per heavy atom. The Kier molecular flexibility index (Phi) is 5.94. The fourth-order valence-corrected chi connectivity index (χ4v) is 3.59. The van der Waals surface area contributed by atoms with Gasteiger partial charge >= 0.3 is 0 Å². The zero-order chi connectivity index (χ0) is 19.4. The van der Waals surface area contributed by atoms with E-state index in [1.807, 2.05) is 42.5 Å². The van der Waals surface area contributed by atoms with Crippen LogP contribution in [0.25, 0.3) is 0 Å². The van der Waals surface area contributed by atoms with Crippen molar-refractivity contribution in [2.75, 3.05) is 18.5 Å². The van der Waals surface area contributed by atoms with E-state index in [4.69, 9.17) is 0 Å². The monoisotopic (exact) mass is 364 g/mol. The lowest BCUT2D eigenvalue weighted by Gasteiger charge is -2.36. The lowest BCUT2D eigenvalue weighted by Crippen LogP contribution is -2.46. The van der Waals surface area contributed by atoms with E-state index in [9.17, 15) is 9.59 Å². The molecule has 0 saturated carbocycles. The lowest BCUT2D eigenvalue weighted by atomic mass is 9.99. The first kappa shape index (κ1) is 19.2. The number of piperidine rings is 1. The van der Waals surface area contributed by atoms with Crippen LogP contribution in [0.15, 0.2) is 54.6 Å². The van der Waals surface area contributed by atoms with Gasteiger partial charge in [0, 0.05) is 25.7 Å². The van der Waals surface area contributed by atoms with Crippen LogP contribution in [0.3, 0.4) is 0 Å². The molecular formula is C23H28N2O2. The number of nitrogens with zero attached hydrogens (tertiary/aromatic N) is 2. The summed E-state index contributed by atoms with van der Waals surface area (Å²) in [6.07, 6.45) is 2.36. The lowest BCUT2D eigenvalue weighted by molar-refractivity contribution is -0.141. The van der Waals surface area contributed by atoms with Crippen LogP contribution >= 0.6 is 0 Å².